The Kier molecular flexibility index (Phi) is 2.72. The highest BCUT2D eigenvalue weighted by Gasteiger charge is 2.12. The summed E-state index contributed by atoms with van der Waals surface area (Å²) in [6, 6.07) is 0. The van der Waals surface area contributed by atoms with Gasteiger partial charge in [-0.1, -0.05) is 29.0 Å². The van der Waals surface area contributed by atoms with E-state index < -0.39 is 7.38 Å². The number of halogens is 2. The first kappa shape index (κ1) is 6.99. The molecule has 0 saturated heterocycles. The lowest BCUT2D eigenvalue weighted by Gasteiger charge is -2.03. The Morgan fingerprint density at radius 1 is 1.67 bits per heavy atom. The van der Waals surface area contributed by atoms with E-state index in [1.807, 2.05) is 0 Å². The van der Waals surface area contributed by atoms with Crippen molar-refractivity contribution in [2.45, 2.75) is 13.1 Å². The first-order valence-corrected chi connectivity index (χ1v) is 7.15. The molecule has 0 spiro atoms. The molecule has 0 radical (unpaired) electrons. The second-order valence-corrected chi connectivity index (χ2v) is 10.3. The van der Waals surface area contributed by atoms with Crippen LogP contribution in [-0.2, 0) is 0 Å². The molecule has 0 aromatic rings. The molecule has 0 fully saturated rings. The molecule has 0 aliphatic carbocycles. The third-order valence-electron chi connectivity index (χ3n) is 0.318. The van der Waals surface area contributed by atoms with E-state index in [4.69, 9.17) is 11.1 Å². The van der Waals surface area contributed by atoms with Crippen LogP contribution in [0.5, 0.6) is 0 Å². The molecule has 0 atom stereocenters. The standard InChI is InChI=1S/C3H8BrClSi/c1-6(2,5)3-4/h3H2,1-2H3. The van der Waals surface area contributed by atoms with Crippen molar-refractivity contribution in [3.8, 4) is 0 Å². The van der Waals surface area contributed by atoms with Gasteiger partial charge in [0.05, 0.1) is 0 Å². The summed E-state index contributed by atoms with van der Waals surface area (Å²) < 4.78 is 0. The van der Waals surface area contributed by atoms with Crippen LogP contribution in [0.25, 0.3) is 0 Å². The zero-order chi connectivity index (χ0) is 5.21. The highest BCUT2D eigenvalue weighted by molar-refractivity contribution is 9.09. The molecule has 0 N–H and O–H groups in total. The number of rotatable bonds is 1. The minimum atomic E-state index is -1.24. The minimum Gasteiger partial charge on any atom is -0.167 e. The third-order valence-corrected chi connectivity index (χ3v) is 6.53. The zero-order valence-corrected chi connectivity index (χ0v) is 7.30. The van der Waals surface area contributed by atoms with Gasteiger partial charge in [-0.05, 0) is 0 Å². The van der Waals surface area contributed by atoms with Gasteiger partial charge in [0.15, 0.2) is 7.38 Å². The van der Waals surface area contributed by atoms with Crippen molar-refractivity contribution >= 4 is 34.4 Å². The van der Waals surface area contributed by atoms with Crippen molar-refractivity contribution in [3.63, 3.8) is 0 Å². The molecule has 0 aromatic carbocycles. The summed E-state index contributed by atoms with van der Waals surface area (Å²) in [4.78, 5) is 0.988. The van der Waals surface area contributed by atoms with E-state index >= 15 is 0 Å². The Balaban J connectivity index is 3.17. The van der Waals surface area contributed by atoms with Crippen LogP contribution in [0.4, 0.5) is 0 Å². The van der Waals surface area contributed by atoms with E-state index in [1.54, 1.807) is 0 Å². The SMILES string of the molecule is C[Si](C)(Cl)CBr. The highest BCUT2D eigenvalue weighted by atomic mass is 79.9. The van der Waals surface area contributed by atoms with Gasteiger partial charge in [0.1, 0.15) is 0 Å². The van der Waals surface area contributed by atoms with Crippen LogP contribution < -0.4 is 0 Å². The van der Waals surface area contributed by atoms with Gasteiger partial charge < -0.3 is 0 Å². The molecule has 0 nitrogen and oxygen atoms in total. The Hall–Kier alpha value is 0.987. The van der Waals surface area contributed by atoms with Crippen molar-refractivity contribution in [3.05, 3.63) is 0 Å². The predicted octanol–water partition coefficient (Wildman–Crippen LogP) is 2.36. The molecule has 0 saturated carbocycles. The zero-order valence-electron chi connectivity index (χ0n) is 3.96. The monoisotopic (exact) mass is 186 g/mol. The summed E-state index contributed by atoms with van der Waals surface area (Å²) in [5, 5.41) is 0. The summed E-state index contributed by atoms with van der Waals surface area (Å²) >= 11 is 9.11. The predicted molar refractivity (Wildman–Crippen MR) is 37.1 cm³/mol. The molecule has 0 rings (SSSR count). The van der Waals surface area contributed by atoms with Gasteiger partial charge in [-0.3, -0.25) is 0 Å². The second kappa shape index (κ2) is 2.33. The average molecular weight is 188 g/mol. The molecule has 0 bridgehead atoms. The van der Waals surface area contributed by atoms with Crippen molar-refractivity contribution in [2.24, 2.45) is 0 Å². The van der Waals surface area contributed by atoms with Gasteiger partial charge in [-0.2, -0.15) is 11.1 Å². The molecule has 38 valence electrons. The van der Waals surface area contributed by atoms with Gasteiger partial charge in [0.2, 0.25) is 0 Å². The van der Waals surface area contributed by atoms with Crippen molar-refractivity contribution in [2.75, 3.05) is 4.95 Å². The summed E-state index contributed by atoms with van der Waals surface area (Å²) in [5.74, 6) is 0. The molecule has 6 heavy (non-hydrogen) atoms. The molecule has 0 unspecified atom stereocenters. The lowest BCUT2D eigenvalue weighted by Crippen LogP contribution is -2.17. The Morgan fingerprint density at radius 3 is 1.83 bits per heavy atom. The van der Waals surface area contributed by atoms with E-state index in [2.05, 4.69) is 29.0 Å². The molecule has 0 aromatic heterocycles. The van der Waals surface area contributed by atoms with Gasteiger partial charge in [0.25, 0.3) is 0 Å². The molecular formula is C3H8BrClSi. The summed E-state index contributed by atoms with van der Waals surface area (Å²) in [7, 11) is -1.24. The van der Waals surface area contributed by atoms with E-state index in [-0.39, 0.29) is 0 Å². The first-order chi connectivity index (χ1) is 2.56. The van der Waals surface area contributed by atoms with Crippen LogP contribution in [0.1, 0.15) is 0 Å². The van der Waals surface area contributed by atoms with Crippen molar-refractivity contribution in [1.29, 1.82) is 0 Å². The van der Waals surface area contributed by atoms with E-state index in [0.29, 0.717) is 0 Å². The third kappa shape index (κ3) is 4.99. The fraction of sp³-hybridized carbons (Fsp3) is 1.00. The summed E-state index contributed by atoms with van der Waals surface area (Å²) in [6.07, 6.45) is 0. The highest BCUT2D eigenvalue weighted by Crippen LogP contribution is 2.09. The molecular weight excluding hydrogens is 179 g/mol. The normalized spacial score (nSPS) is 12.0. The van der Waals surface area contributed by atoms with Crippen LogP contribution >= 0.6 is 27.0 Å². The fourth-order valence-electron chi connectivity index (χ4n) is 0. The van der Waals surface area contributed by atoms with Gasteiger partial charge in [-0.25, -0.2) is 0 Å². The van der Waals surface area contributed by atoms with Crippen molar-refractivity contribution < 1.29 is 0 Å². The molecule has 0 aliphatic heterocycles. The Bertz CT molecular complexity index is 40.5. The molecule has 0 aliphatic rings. The molecule has 0 amide bonds. The lowest BCUT2D eigenvalue weighted by atomic mass is 11.8. The smallest absolute Gasteiger partial charge is 0.160 e. The maximum Gasteiger partial charge on any atom is 0.160 e. The lowest BCUT2D eigenvalue weighted by molar-refractivity contribution is 1.85. The largest absolute Gasteiger partial charge is 0.167 e. The van der Waals surface area contributed by atoms with E-state index in [1.165, 1.54) is 0 Å². The number of hydrogen-bond acceptors (Lipinski definition) is 0. The second-order valence-electron chi connectivity index (χ2n) is 1.85. The maximum absolute atomic E-state index is 5.81. The van der Waals surface area contributed by atoms with Crippen LogP contribution in [0.2, 0.25) is 13.1 Å². The fourth-order valence-corrected chi connectivity index (χ4v) is 0. The summed E-state index contributed by atoms with van der Waals surface area (Å²) in [6.45, 7) is 4.20. The first-order valence-electron chi connectivity index (χ1n) is 1.81. The van der Waals surface area contributed by atoms with Crippen LogP contribution in [0, 0.1) is 0 Å². The van der Waals surface area contributed by atoms with Gasteiger partial charge >= 0.3 is 0 Å². The summed E-state index contributed by atoms with van der Waals surface area (Å²) in [5.41, 5.74) is 0. The molecule has 3 heteroatoms. The minimum absolute atomic E-state index is 0.988. The maximum atomic E-state index is 5.81. The Morgan fingerprint density at radius 2 is 1.83 bits per heavy atom. The number of hydrogen-bond donors (Lipinski definition) is 0. The quantitative estimate of drug-likeness (QED) is 0.336. The van der Waals surface area contributed by atoms with E-state index in [0.717, 1.165) is 4.95 Å². The van der Waals surface area contributed by atoms with Crippen LogP contribution in [0.15, 0.2) is 0 Å². The number of alkyl halides is 1. The van der Waals surface area contributed by atoms with Crippen molar-refractivity contribution in [1.82, 2.24) is 0 Å². The van der Waals surface area contributed by atoms with Crippen LogP contribution in [-0.4, -0.2) is 12.3 Å². The topological polar surface area (TPSA) is 0 Å². The Labute approximate surface area is 52.7 Å². The molecule has 0 heterocycles. The van der Waals surface area contributed by atoms with E-state index in [9.17, 15) is 0 Å². The average Bonchev–Trinajstić information content (AvgIpc) is 1.35. The van der Waals surface area contributed by atoms with Gasteiger partial charge in [0, 0.05) is 4.95 Å². The van der Waals surface area contributed by atoms with Gasteiger partial charge in [-0.15, -0.1) is 0 Å². The van der Waals surface area contributed by atoms with Crippen LogP contribution in [0.3, 0.4) is 0 Å².